The third-order valence-electron chi connectivity index (χ3n) is 4.52. The quantitative estimate of drug-likeness (QED) is 0.761. The van der Waals surface area contributed by atoms with Gasteiger partial charge in [0.2, 0.25) is 0 Å². The fourth-order valence-electron chi connectivity index (χ4n) is 3.27. The summed E-state index contributed by atoms with van der Waals surface area (Å²) in [6.45, 7) is 2.06. The van der Waals surface area contributed by atoms with E-state index < -0.39 is 11.4 Å². The molecule has 0 radical (unpaired) electrons. The molecular formula is C12H18O3. The molecule has 0 aromatic carbocycles. The zero-order valence-corrected chi connectivity index (χ0v) is 9.21. The van der Waals surface area contributed by atoms with E-state index in [1.807, 2.05) is 0 Å². The Labute approximate surface area is 89.9 Å². The van der Waals surface area contributed by atoms with E-state index in [0.717, 1.165) is 25.7 Å². The van der Waals surface area contributed by atoms with Gasteiger partial charge in [-0.05, 0) is 18.3 Å². The molecular weight excluding hydrogens is 192 g/mol. The predicted octanol–water partition coefficient (Wildman–Crippen LogP) is 2.39. The number of hydrogen-bond donors (Lipinski definition) is 1. The van der Waals surface area contributed by atoms with Gasteiger partial charge in [-0.2, -0.15) is 0 Å². The van der Waals surface area contributed by atoms with Crippen LogP contribution in [0.4, 0.5) is 0 Å². The molecule has 0 unspecified atom stereocenters. The number of ketones is 1. The first-order valence-electron chi connectivity index (χ1n) is 5.75. The van der Waals surface area contributed by atoms with Gasteiger partial charge in [-0.15, -0.1) is 0 Å². The summed E-state index contributed by atoms with van der Waals surface area (Å²) in [6.07, 6.45) is 5.88. The highest BCUT2D eigenvalue weighted by atomic mass is 16.4. The lowest BCUT2D eigenvalue weighted by Gasteiger charge is -2.52. The van der Waals surface area contributed by atoms with E-state index >= 15 is 0 Å². The van der Waals surface area contributed by atoms with E-state index in [0.29, 0.717) is 0 Å². The Hall–Kier alpha value is -0.860. The molecule has 2 aliphatic rings. The maximum atomic E-state index is 11.4. The van der Waals surface area contributed by atoms with Crippen molar-refractivity contribution in [1.82, 2.24) is 0 Å². The van der Waals surface area contributed by atoms with Crippen LogP contribution in [0.2, 0.25) is 0 Å². The molecule has 0 amide bonds. The minimum atomic E-state index is -0.758. The molecule has 3 nitrogen and oxygen atoms in total. The summed E-state index contributed by atoms with van der Waals surface area (Å²) in [5.74, 6) is -0.643. The third-order valence-corrected chi connectivity index (χ3v) is 4.52. The number of carbonyl (C=O) groups excluding carboxylic acids is 1. The summed E-state index contributed by atoms with van der Waals surface area (Å²) in [6, 6.07) is 0. The molecule has 0 bridgehead atoms. The van der Waals surface area contributed by atoms with Crippen LogP contribution in [-0.4, -0.2) is 16.9 Å². The highest BCUT2D eigenvalue weighted by Crippen LogP contribution is 2.58. The largest absolute Gasteiger partial charge is 0.481 e. The lowest BCUT2D eigenvalue weighted by Crippen LogP contribution is -2.55. The van der Waals surface area contributed by atoms with Crippen LogP contribution in [0.3, 0.4) is 0 Å². The second-order valence-corrected chi connectivity index (χ2v) is 5.40. The highest BCUT2D eigenvalue weighted by molar-refractivity contribution is 5.97. The van der Waals surface area contributed by atoms with Crippen molar-refractivity contribution in [3.63, 3.8) is 0 Å². The van der Waals surface area contributed by atoms with Crippen molar-refractivity contribution in [3.05, 3.63) is 0 Å². The average Bonchev–Trinajstić information content (AvgIpc) is 2.13. The van der Waals surface area contributed by atoms with Gasteiger partial charge >= 0.3 is 5.97 Å². The molecule has 2 fully saturated rings. The lowest BCUT2D eigenvalue weighted by molar-refractivity contribution is -0.176. The van der Waals surface area contributed by atoms with Gasteiger partial charge in [-0.25, -0.2) is 0 Å². The number of Topliss-reactive ketones (excluding diaryl/α,β-unsaturated/α-hetero) is 1. The molecule has 0 saturated heterocycles. The monoisotopic (exact) mass is 210 g/mol. The molecule has 15 heavy (non-hydrogen) atoms. The van der Waals surface area contributed by atoms with Gasteiger partial charge in [0, 0.05) is 12.8 Å². The predicted molar refractivity (Wildman–Crippen MR) is 55.5 cm³/mol. The van der Waals surface area contributed by atoms with Crippen LogP contribution in [0, 0.1) is 10.8 Å². The summed E-state index contributed by atoms with van der Waals surface area (Å²) >= 11 is 0. The van der Waals surface area contributed by atoms with Gasteiger partial charge in [-0.3, -0.25) is 9.59 Å². The van der Waals surface area contributed by atoms with Gasteiger partial charge in [0.15, 0.2) is 0 Å². The molecule has 2 aliphatic carbocycles. The standard InChI is InChI=1S/C12H18O3/c1-11(5-3-2-4-6-11)12(10(14)15)7-9(13)8-12/h2-8H2,1H3,(H,14,15). The number of carboxylic acids is 1. The molecule has 84 valence electrons. The molecule has 2 rings (SSSR count). The first kappa shape index (κ1) is 10.7. The minimum Gasteiger partial charge on any atom is -0.481 e. The lowest BCUT2D eigenvalue weighted by atomic mass is 9.49. The van der Waals surface area contributed by atoms with Gasteiger partial charge in [0.1, 0.15) is 5.78 Å². The second kappa shape index (κ2) is 3.32. The van der Waals surface area contributed by atoms with Crippen molar-refractivity contribution in [2.45, 2.75) is 51.9 Å². The Morgan fingerprint density at radius 2 is 1.73 bits per heavy atom. The SMILES string of the molecule is CC1(C2(C(=O)O)CC(=O)C2)CCCCC1. The Bertz CT molecular complexity index is 292. The van der Waals surface area contributed by atoms with Crippen LogP contribution in [0.1, 0.15) is 51.9 Å². The maximum Gasteiger partial charge on any atom is 0.311 e. The zero-order valence-electron chi connectivity index (χ0n) is 9.21. The third kappa shape index (κ3) is 1.40. The van der Waals surface area contributed by atoms with E-state index in [4.69, 9.17) is 0 Å². The fraction of sp³-hybridized carbons (Fsp3) is 0.833. The number of carboxylic acid groups (broad SMARTS) is 1. The second-order valence-electron chi connectivity index (χ2n) is 5.40. The van der Waals surface area contributed by atoms with Crippen molar-refractivity contribution < 1.29 is 14.7 Å². The molecule has 2 saturated carbocycles. The van der Waals surface area contributed by atoms with Gasteiger partial charge in [0.25, 0.3) is 0 Å². The summed E-state index contributed by atoms with van der Waals surface area (Å²) in [5.41, 5.74) is -0.879. The number of aliphatic carboxylic acids is 1. The van der Waals surface area contributed by atoms with Crippen LogP contribution in [0.5, 0.6) is 0 Å². The molecule has 1 N–H and O–H groups in total. The Morgan fingerprint density at radius 1 is 1.20 bits per heavy atom. The van der Waals surface area contributed by atoms with Gasteiger partial charge < -0.3 is 5.11 Å². The Balaban J connectivity index is 2.24. The van der Waals surface area contributed by atoms with E-state index in [2.05, 4.69) is 6.92 Å². The van der Waals surface area contributed by atoms with Crippen molar-refractivity contribution in [1.29, 1.82) is 0 Å². The van der Waals surface area contributed by atoms with Crippen molar-refractivity contribution in [2.75, 3.05) is 0 Å². The van der Waals surface area contributed by atoms with E-state index in [9.17, 15) is 14.7 Å². The molecule has 0 heterocycles. The summed E-state index contributed by atoms with van der Waals surface area (Å²) in [7, 11) is 0. The number of rotatable bonds is 2. The molecule has 0 aromatic heterocycles. The van der Waals surface area contributed by atoms with Crippen LogP contribution in [-0.2, 0) is 9.59 Å². The normalized spacial score (nSPS) is 28.2. The van der Waals surface area contributed by atoms with Crippen molar-refractivity contribution in [3.8, 4) is 0 Å². The number of carbonyl (C=O) groups is 2. The fourth-order valence-corrected chi connectivity index (χ4v) is 3.27. The topological polar surface area (TPSA) is 54.4 Å². The van der Waals surface area contributed by atoms with Gasteiger partial charge in [-0.1, -0.05) is 26.2 Å². The summed E-state index contributed by atoms with van der Waals surface area (Å²) in [5, 5.41) is 9.37. The summed E-state index contributed by atoms with van der Waals surface area (Å²) in [4.78, 5) is 22.5. The molecule has 0 spiro atoms. The molecule has 3 heteroatoms. The first-order valence-corrected chi connectivity index (χ1v) is 5.75. The minimum absolute atomic E-state index is 0.115. The van der Waals surface area contributed by atoms with E-state index in [1.54, 1.807) is 0 Å². The average molecular weight is 210 g/mol. The van der Waals surface area contributed by atoms with Crippen LogP contribution >= 0.6 is 0 Å². The molecule has 0 aliphatic heterocycles. The highest BCUT2D eigenvalue weighted by Gasteiger charge is 2.60. The first-order chi connectivity index (χ1) is 7.00. The van der Waals surface area contributed by atoms with Gasteiger partial charge in [0.05, 0.1) is 5.41 Å². The smallest absolute Gasteiger partial charge is 0.311 e. The molecule has 0 atom stereocenters. The Morgan fingerprint density at radius 3 is 2.13 bits per heavy atom. The van der Waals surface area contributed by atoms with Crippen LogP contribution in [0.15, 0.2) is 0 Å². The van der Waals surface area contributed by atoms with Crippen LogP contribution < -0.4 is 0 Å². The summed E-state index contributed by atoms with van der Waals surface area (Å²) < 4.78 is 0. The maximum absolute atomic E-state index is 11.4. The molecule has 0 aromatic rings. The van der Waals surface area contributed by atoms with E-state index in [-0.39, 0.29) is 24.0 Å². The van der Waals surface area contributed by atoms with Crippen molar-refractivity contribution in [2.24, 2.45) is 10.8 Å². The number of hydrogen-bond acceptors (Lipinski definition) is 2. The van der Waals surface area contributed by atoms with Crippen molar-refractivity contribution >= 4 is 11.8 Å². The Kier molecular flexibility index (Phi) is 2.36. The zero-order chi connectivity index (χ0) is 11.1. The van der Waals surface area contributed by atoms with E-state index in [1.165, 1.54) is 6.42 Å². The van der Waals surface area contributed by atoms with Crippen LogP contribution in [0.25, 0.3) is 0 Å².